The van der Waals surface area contributed by atoms with Crippen LogP contribution in [0.5, 0.6) is 0 Å². The van der Waals surface area contributed by atoms with E-state index in [9.17, 15) is 4.79 Å². The third-order valence-electron chi connectivity index (χ3n) is 12.0. The fraction of sp³-hybridized carbons (Fsp3) is 0.980. The van der Waals surface area contributed by atoms with Gasteiger partial charge in [0.15, 0.2) is 0 Å². The smallest absolute Gasteiger partial charge is 0.448 e. The van der Waals surface area contributed by atoms with E-state index >= 15 is 0 Å². The zero-order valence-corrected chi connectivity index (χ0v) is 41.5. The van der Waals surface area contributed by atoms with Gasteiger partial charge in [-0.1, -0.05) is 280 Å². The number of nitrogens with one attached hydrogen (secondary N) is 2. The van der Waals surface area contributed by atoms with E-state index in [2.05, 4.69) is 67.4 Å². The molecule has 0 heterocycles. The molecule has 390 valence electrons. The van der Waals surface area contributed by atoms with Crippen LogP contribution in [0.4, 0.5) is 4.79 Å². The summed E-state index contributed by atoms with van der Waals surface area (Å²) in [5, 5.41) is 42.4. The van der Waals surface area contributed by atoms with Crippen LogP contribution in [0.3, 0.4) is 0 Å². The first-order chi connectivity index (χ1) is 32.3. The lowest BCUT2D eigenvalue weighted by atomic mass is 10.0. The quantitative estimate of drug-likeness (QED) is 0.0298. The van der Waals surface area contributed by atoms with Gasteiger partial charge < -0.3 is 10.4 Å². The zero-order chi connectivity index (χ0) is 46.7. The van der Waals surface area contributed by atoms with Crippen LogP contribution in [-0.4, -0.2) is 31.0 Å². The Morgan fingerprint density at radius 3 is 0.908 bits per heavy atom. The van der Waals surface area contributed by atoms with Gasteiger partial charge in [0.1, 0.15) is 0 Å². The van der Waals surface area contributed by atoms with E-state index in [0.29, 0.717) is 6.61 Å². The first-order valence-electron chi connectivity index (χ1n) is 26.9. The molecule has 3 N–H and O–H groups in total. The van der Waals surface area contributed by atoms with E-state index in [-0.39, 0.29) is 0 Å². The summed E-state index contributed by atoms with van der Waals surface area (Å²) in [5.41, 5.74) is 1.47. The third-order valence-corrected chi connectivity index (χ3v) is 12.0. The lowest BCUT2D eigenvalue weighted by Gasteiger charge is -2.06. The molecule has 0 aromatic heterocycles. The van der Waals surface area contributed by atoms with Crippen LogP contribution in [0, 0.1) is 0 Å². The molecule has 0 aliphatic heterocycles. The van der Waals surface area contributed by atoms with Gasteiger partial charge in [-0.15, -0.1) is 0 Å². The van der Waals surface area contributed by atoms with Gasteiger partial charge in [0.25, 0.3) is 0 Å². The topological polar surface area (TPSA) is 172 Å². The van der Waals surface area contributed by atoms with Crippen molar-refractivity contribution in [1.82, 2.24) is 11.0 Å². The summed E-state index contributed by atoms with van der Waals surface area (Å²) in [7, 11) is 0. The second-order valence-corrected chi connectivity index (χ2v) is 17.9. The number of hydrogen-bond acceptors (Lipinski definition) is 15. The van der Waals surface area contributed by atoms with Gasteiger partial charge in [0.05, 0.1) is 6.61 Å². The van der Waals surface area contributed by atoms with E-state index in [4.69, 9.17) is 9.99 Å². The summed E-state index contributed by atoms with van der Waals surface area (Å²) in [6.45, 7) is 5.08. The molecule has 0 amide bonds. The summed E-state index contributed by atoms with van der Waals surface area (Å²) in [6, 6.07) is 0. The minimum absolute atomic E-state index is 0.319. The molecule has 0 fully saturated rings. The summed E-state index contributed by atoms with van der Waals surface area (Å²) in [4.78, 5) is 25.9. The highest BCUT2D eigenvalue weighted by molar-refractivity contribution is 5.55. The molecular formula is C49H100N2O14. The molecule has 0 aliphatic rings. The number of carbonyl (C=O) groups is 1. The highest BCUT2D eigenvalue weighted by Gasteiger charge is 2.02. The van der Waals surface area contributed by atoms with E-state index in [1.807, 2.05) is 0 Å². The van der Waals surface area contributed by atoms with Crippen LogP contribution in [0.15, 0.2) is 0 Å². The van der Waals surface area contributed by atoms with E-state index in [1.165, 1.54) is 282 Å². The number of hydrogen-bond donors (Lipinski definition) is 3. The van der Waals surface area contributed by atoms with E-state index in [0.717, 1.165) is 19.3 Å². The summed E-state index contributed by atoms with van der Waals surface area (Å²) >= 11 is 0. The van der Waals surface area contributed by atoms with Crippen molar-refractivity contribution in [2.45, 2.75) is 289 Å². The molecule has 0 bridgehead atoms. The molecule has 16 heteroatoms. The Morgan fingerprint density at radius 1 is 0.323 bits per heavy atom. The average molecular weight is 941 g/mol. The fourth-order valence-electron chi connectivity index (χ4n) is 8.14. The maximum absolute atomic E-state index is 9.89. The van der Waals surface area contributed by atoms with Crippen molar-refractivity contribution in [3.8, 4) is 0 Å². The molecule has 0 spiro atoms. The lowest BCUT2D eigenvalue weighted by molar-refractivity contribution is -0.805. The first-order valence-corrected chi connectivity index (χ1v) is 26.9. The molecule has 0 aromatic rings. The SMILES string of the molecule is CCCCCCCCCCCCCCCCNCCCCCCCCCCCCCCCCCCCCCCCCCCCCCCCCOOOOOOONOOOOOC(=O)O. The molecule has 0 rings (SSSR count). The van der Waals surface area contributed by atoms with E-state index < -0.39 is 6.16 Å². The maximum atomic E-state index is 9.89. The highest BCUT2D eigenvalue weighted by atomic mass is 17.9. The van der Waals surface area contributed by atoms with Crippen molar-refractivity contribution in [1.29, 1.82) is 0 Å². The third kappa shape index (κ3) is 62.8. The van der Waals surface area contributed by atoms with Crippen LogP contribution in [0.2, 0.25) is 0 Å². The molecule has 0 saturated carbocycles. The first kappa shape index (κ1) is 63.8. The van der Waals surface area contributed by atoms with Gasteiger partial charge >= 0.3 is 6.16 Å². The monoisotopic (exact) mass is 941 g/mol. The molecule has 0 radical (unpaired) electrons. The van der Waals surface area contributed by atoms with Crippen molar-refractivity contribution in [3.05, 3.63) is 0 Å². The Kier molecular flexibility index (Phi) is 59.6. The van der Waals surface area contributed by atoms with Crippen LogP contribution >= 0.6 is 0 Å². The van der Waals surface area contributed by atoms with Crippen LogP contribution in [0.25, 0.3) is 0 Å². The number of rotatable bonds is 60. The van der Waals surface area contributed by atoms with Crippen molar-refractivity contribution in [2.75, 3.05) is 19.7 Å². The Morgan fingerprint density at radius 2 is 0.585 bits per heavy atom. The summed E-state index contributed by atoms with van der Waals surface area (Å²) in [5.74, 6) is 0. The van der Waals surface area contributed by atoms with E-state index in [1.54, 1.807) is 0 Å². The van der Waals surface area contributed by atoms with Gasteiger partial charge in [-0.25, -0.2) is 14.6 Å². The largest absolute Gasteiger partial charge is 0.540 e. The highest BCUT2D eigenvalue weighted by Crippen LogP contribution is 2.17. The average Bonchev–Trinajstić information content (AvgIpc) is 3.30. The van der Waals surface area contributed by atoms with Gasteiger partial charge in [0.2, 0.25) is 0 Å². The van der Waals surface area contributed by atoms with Crippen LogP contribution < -0.4 is 11.0 Å². The van der Waals surface area contributed by atoms with Crippen molar-refractivity contribution < 1.29 is 70.0 Å². The van der Waals surface area contributed by atoms with Crippen molar-refractivity contribution in [2.24, 2.45) is 0 Å². The lowest BCUT2D eigenvalue weighted by Crippen LogP contribution is -2.17. The zero-order valence-electron chi connectivity index (χ0n) is 41.5. The minimum atomic E-state index is -1.78. The van der Waals surface area contributed by atoms with Crippen molar-refractivity contribution >= 4 is 6.16 Å². The van der Waals surface area contributed by atoms with Crippen LogP contribution in [-0.2, 0) is 60.1 Å². The fourth-order valence-corrected chi connectivity index (χ4v) is 8.14. The second-order valence-electron chi connectivity index (χ2n) is 17.9. The predicted octanol–water partition coefficient (Wildman–Crippen LogP) is 16.2. The molecule has 65 heavy (non-hydrogen) atoms. The maximum Gasteiger partial charge on any atom is 0.540 e. The molecular weight excluding hydrogens is 841 g/mol. The van der Waals surface area contributed by atoms with Gasteiger partial charge in [-0.05, 0) is 68.2 Å². The standard InChI is InChI=1S/C49H100N2O14/c1-2-3-4-5-6-7-8-9-28-31-34-37-40-43-46-50-47-44-41-38-35-32-29-26-24-22-20-18-16-14-12-10-11-13-15-17-19-21-23-25-27-30-33-36-39-42-45-48-54-58-62-65-64-61-57-51-56-60-63-59-55-49(52)53/h50-51H,2-48H2,1H3,(H,52,53). The predicted molar refractivity (Wildman–Crippen MR) is 251 cm³/mol. The van der Waals surface area contributed by atoms with Crippen LogP contribution in [0.1, 0.15) is 289 Å². The van der Waals surface area contributed by atoms with Gasteiger partial charge in [-0.2, -0.15) is 0 Å². The molecule has 0 unspecified atom stereocenters. The molecule has 0 atom stereocenters. The Hall–Kier alpha value is -1.25. The van der Waals surface area contributed by atoms with Gasteiger partial charge in [-0.3, -0.25) is 0 Å². The Bertz CT molecular complexity index is 870. The number of carboxylic acid groups (broad SMARTS) is 1. The van der Waals surface area contributed by atoms with Crippen molar-refractivity contribution in [3.63, 3.8) is 0 Å². The molecule has 0 aliphatic carbocycles. The Labute approximate surface area is 395 Å². The summed E-state index contributed by atoms with van der Waals surface area (Å²) in [6.07, 6.45) is 59.4. The molecule has 0 saturated heterocycles. The Balaban J connectivity index is 3.07. The van der Waals surface area contributed by atoms with Gasteiger partial charge in [0, 0.05) is 10.1 Å². The normalized spacial score (nSPS) is 11.6. The second kappa shape index (κ2) is 60.8. The molecule has 16 nitrogen and oxygen atoms in total. The number of unbranched alkanes of at least 4 members (excludes halogenated alkanes) is 42. The minimum Gasteiger partial charge on any atom is -0.448 e. The summed E-state index contributed by atoms with van der Waals surface area (Å²) < 4.78 is 0. The molecule has 0 aromatic carbocycles.